The van der Waals surface area contributed by atoms with Gasteiger partial charge in [-0.25, -0.2) is 0 Å². The van der Waals surface area contributed by atoms with Crippen molar-refractivity contribution in [2.24, 2.45) is 0 Å². The minimum absolute atomic E-state index is 0.771. The van der Waals surface area contributed by atoms with E-state index in [0.717, 1.165) is 190 Å². The highest BCUT2D eigenvalue weighted by atomic mass is 16.5. The van der Waals surface area contributed by atoms with Crippen LogP contribution in [0.4, 0.5) is 0 Å². The summed E-state index contributed by atoms with van der Waals surface area (Å²) in [6.45, 7) is 18.4. The van der Waals surface area contributed by atoms with Gasteiger partial charge in [0.1, 0.15) is 34.5 Å². The van der Waals surface area contributed by atoms with Crippen molar-refractivity contribution in [3.63, 3.8) is 0 Å². The quantitative estimate of drug-likeness (QED) is 0.0354. The Labute approximate surface area is 660 Å². The Morgan fingerprint density at radius 2 is 0.259 bits per heavy atom. The summed E-state index contributed by atoms with van der Waals surface area (Å²) in [5.41, 5.74) is 17.5. The highest BCUT2D eigenvalue weighted by Gasteiger charge is 2.25. The van der Waals surface area contributed by atoms with Gasteiger partial charge in [-0.1, -0.05) is 307 Å². The Kier molecular flexibility index (Phi) is 47.1. The number of unbranched alkanes of at least 4 members (excludes halogenated alkanes) is 30. The number of benzene rings is 7. The second-order valence-electron chi connectivity index (χ2n) is 31.4. The Hall–Kier alpha value is -6.66. The van der Waals surface area contributed by atoms with Crippen molar-refractivity contribution in [2.75, 3.05) is 39.6 Å². The van der Waals surface area contributed by atoms with E-state index in [-0.39, 0.29) is 0 Å². The second-order valence-corrected chi connectivity index (χ2v) is 31.4. The first kappa shape index (κ1) is 88.6. The van der Waals surface area contributed by atoms with Gasteiger partial charge >= 0.3 is 0 Å². The van der Waals surface area contributed by atoms with Gasteiger partial charge in [-0.2, -0.15) is 0 Å². The van der Waals surface area contributed by atoms with Crippen LogP contribution in [0.2, 0.25) is 0 Å². The zero-order chi connectivity index (χ0) is 75.8. The molecular weight excluding hydrogens is 1320 g/mol. The third-order valence-corrected chi connectivity index (χ3v) is 22.3. The van der Waals surface area contributed by atoms with Crippen LogP contribution in [0.25, 0.3) is 0 Å². The number of ether oxygens (including phenoxy) is 6. The summed E-state index contributed by atoms with van der Waals surface area (Å²) in [7, 11) is 0. The van der Waals surface area contributed by atoms with E-state index in [1.807, 2.05) is 0 Å². The van der Waals surface area contributed by atoms with Crippen LogP contribution < -0.4 is 28.4 Å². The molecule has 7 aromatic carbocycles. The average molecular weight is 1470 g/mol. The normalized spacial score (nSPS) is 11.4. The van der Waals surface area contributed by atoms with E-state index in [0.29, 0.717) is 0 Å². The Balaban J connectivity index is 1.33. The lowest BCUT2D eigenvalue weighted by Crippen LogP contribution is -2.18. The van der Waals surface area contributed by atoms with Gasteiger partial charge in [0.15, 0.2) is 0 Å². The highest BCUT2D eigenvalue weighted by molar-refractivity contribution is 5.55. The van der Waals surface area contributed by atoms with Gasteiger partial charge < -0.3 is 28.4 Å². The molecule has 594 valence electrons. The van der Waals surface area contributed by atoms with E-state index in [1.165, 1.54) is 226 Å². The topological polar surface area (TPSA) is 55.4 Å². The monoisotopic (exact) mass is 1470 g/mol. The van der Waals surface area contributed by atoms with Gasteiger partial charge in [-0.15, -0.1) is 0 Å². The SMILES string of the molecule is CCCCCCCCOc1ccc(CCc2c(CCc3ccc(OCCCCCCCC)cc3)c(CCc3ccc(OCCCCCCCC)cc3)c(CCc3ccc(OCCCCCCCC)cc3)c(CCc3ccc(OCCCCCCCC)cc3)c2CCc2ccc(OCCCCCCCC)cc2)cc1. The van der Waals surface area contributed by atoms with Gasteiger partial charge in [0.05, 0.1) is 39.6 Å². The van der Waals surface area contributed by atoms with Crippen molar-refractivity contribution in [2.45, 2.75) is 350 Å². The molecule has 0 aromatic heterocycles. The van der Waals surface area contributed by atoms with Crippen molar-refractivity contribution in [1.82, 2.24) is 0 Å². The van der Waals surface area contributed by atoms with E-state index < -0.39 is 0 Å². The van der Waals surface area contributed by atoms with E-state index in [9.17, 15) is 0 Å². The van der Waals surface area contributed by atoms with Crippen molar-refractivity contribution >= 4 is 0 Å². The molecule has 0 aliphatic carbocycles. The largest absolute Gasteiger partial charge is 0.494 e. The van der Waals surface area contributed by atoms with Crippen molar-refractivity contribution in [3.8, 4) is 34.5 Å². The molecule has 0 N–H and O–H groups in total. The lowest BCUT2D eigenvalue weighted by Gasteiger charge is -2.28. The smallest absolute Gasteiger partial charge is 0.119 e. The third-order valence-electron chi connectivity index (χ3n) is 22.3. The fraction of sp³-hybridized carbons (Fsp3) is 0.588. The molecule has 0 heterocycles. The maximum atomic E-state index is 6.43. The van der Waals surface area contributed by atoms with Crippen LogP contribution in [-0.2, 0) is 77.0 Å². The van der Waals surface area contributed by atoms with Crippen LogP contribution >= 0.6 is 0 Å². The van der Waals surface area contributed by atoms with Gasteiger partial charge in [0.25, 0.3) is 0 Å². The van der Waals surface area contributed by atoms with E-state index >= 15 is 0 Å². The molecule has 7 rings (SSSR count). The van der Waals surface area contributed by atoms with Crippen LogP contribution in [0.15, 0.2) is 146 Å². The van der Waals surface area contributed by atoms with Crippen LogP contribution in [-0.4, -0.2) is 39.6 Å². The summed E-state index contributed by atoms with van der Waals surface area (Å²) in [6.07, 6.45) is 56.6. The molecule has 0 aliphatic heterocycles. The first-order valence-corrected chi connectivity index (χ1v) is 44.9. The van der Waals surface area contributed by atoms with E-state index in [4.69, 9.17) is 28.4 Å². The van der Waals surface area contributed by atoms with Gasteiger partial charge in [0, 0.05) is 0 Å². The van der Waals surface area contributed by atoms with Crippen molar-refractivity contribution in [1.29, 1.82) is 0 Å². The fourth-order valence-corrected chi connectivity index (χ4v) is 15.5. The van der Waals surface area contributed by atoms with Gasteiger partial charge in [-0.3, -0.25) is 0 Å². The maximum absolute atomic E-state index is 6.43. The van der Waals surface area contributed by atoms with Gasteiger partial charge in [0.2, 0.25) is 0 Å². The number of aryl methyl sites for hydroxylation is 6. The third kappa shape index (κ3) is 36.9. The van der Waals surface area contributed by atoms with E-state index in [2.05, 4.69) is 187 Å². The molecule has 0 fully saturated rings. The summed E-state index contributed by atoms with van der Waals surface area (Å²) in [5, 5.41) is 0. The summed E-state index contributed by atoms with van der Waals surface area (Å²) in [5.74, 6) is 5.86. The molecule has 6 nitrogen and oxygen atoms in total. The lowest BCUT2D eigenvalue weighted by molar-refractivity contribution is 0.304. The average Bonchev–Trinajstić information content (AvgIpc) is 0.762. The molecule has 7 aromatic rings. The first-order chi connectivity index (χ1) is 53.4. The van der Waals surface area contributed by atoms with Crippen LogP contribution in [0.5, 0.6) is 34.5 Å². The molecule has 0 unspecified atom stereocenters. The van der Waals surface area contributed by atoms with Crippen molar-refractivity contribution < 1.29 is 28.4 Å². The number of hydrogen-bond acceptors (Lipinski definition) is 6. The summed E-state index contributed by atoms with van der Waals surface area (Å²) < 4.78 is 38.6. The molecule has 0 atom stereocenters. The molecule has 0 bridgehead atoms. The predicted octanol–water partition coefficient (Wildman–Crippen LogP) is 28.8. The first-order valence-electron chi connectivity index (χ1n) is 44.9. The van der Waals surface area contributed by atoms with Crippen LogP contribution in [0, 0.1) is 0 Å². The maximum Gasteiger partial charge on any atom is 0.119 e. The van der Waals surface area contributed by atoms with Crippen LogP contribution in [0.1, 0.15) is 339 Å². The minimum atomic E-state index is 0.771. The standard InChI is InChI=1S/C102H150O6/c1-7-13-19-25-31-37-79-103-91-61-43-85(44-62-91)55-73-97-98(74-56-86-45-63-92(64-46-86)104-80-38-32-26-20-14-8-2)100(76-58-88-49-67-94(68-50-88)106-82-40-34-28-22-16-10-4)102(78-60-90-53-71-96(72-54-90)108-84-42-36-30-24-18-12-6)101(77-59-89-51-69-95(70-52-89)107-83-41-35-29-23-17-11-5)99(97)75-57-87-47-65-93(66-48-87)105-81-39-33-27-21-15-9-3/h43-54,61-72H,7-42,55-60,73-84H2,1-6H3. The number of hydrogen-bond donors (Lipinski definition) is 0. The number of rotatable bonds is 66. The lowest BCUT2D eigenvalue weighted by atomic mass is 9.76. The predicted molar refractivity (Wildman–Crippen MR) is 463 cm³/mol. The molecule has 0 radical (unpaired) electrons. The Morgan fingerprint density at radius 1 is 0.139 bits per heavy atom. The molecule has 0 amide bonds. The summed E-state index contributed by atoms with van der Waals surface area (Å²) >= 11 is 0. The van der Waals surface area contributed by atoms with E-state index in [1.54, 1.807) is 33.4 Å². The minimum Gasteiger partial charge on any atom is -0.494 e. The van der Waals surface area contributed by atoms with Crippen LogP contribution in [0.3, 0.4) is 0 Å². The Bertz CT molecular complexity index is 2710. The fourth-order valence-electron chi connectivity index (χ4n) is 15.5. The van der Waals surface area contributed by atoms with Gasteiger partial charge in [-0.05, 0) is 255 Å². The zero-order valence-electron chi connectivity index (χ0n) is 69.5. The molecule has 0 spiro atoms. The second kappa shape index (κ2) is 57.4. The molecule has 108 heavy (non-hydrogen) atoms. The molecule has 0 saturated carbocycles. The summed E-state index contributed by atoms with van der Waals surface area (Å²) in [4.78, 5) is 0. The molecule has 0 saturated heterocycles. The zero-order valence-corrected chi connectivity index (χ0v) is 69.5. The molecule has 6 heteroatoms. The molecule has 0 aliphatic rings. The molecular formula is C102H150O6. The van der Waals surface area contributed by atoms with Crippen molar-refractivity contribution in [3.05, 3.63) is 212 Å². The summed E-state index contributed by atoms with van der Waals surface area (Å²) in [6, 6.07) is 55.1. The Morgan fingerprint density at radius 3 is 0.389 bits per heavy atom. The highest BCUT2D eigenvalue weighted by Crippen LogP contribution is 2.37.